The first-order chi connectivity index (χ1) is 21.1. The number of nitrogens with one attached hydrogen (secondary N) is 3. The van der Waals surface area contributed by atoms with Gasteiger partial charge in [0.05, 0.1) is 44.9 Å². The van der Waals surface area contributed by atoms with Gasteiger partial charge in [0.2, 0.25) is 0 Å². The molecule has 2 amide bonds. The number of rotatable bonds is 8. The maximum atomic E-state index is 12.5. The number of aliphatic imine (C=N–C) groups is 1. The third-order valence-corrected chi connectivity index (χ3v) is 7.11. The lowest BCUT2D eigenvalue weighted by Gasteiger charge is -2.34. The van der Waals surface area contributed by atoms with Gasteiger partial charge in [-0.15, -0.1) is 5.10 Å². The number of carbonyl (C=O) groups is 1. The number of aliphatic hydroxyl groups is 1. The van der Waals surface area contributed by atoms with E-state index in [1.807, 2.05) is 36.7 Å². The molecule has 6 rings (SSSR count). The van der Waals surface area contributed by atoms with Crippen molar-refractivity contribution in [2.45, 2.75) is 25.9 Å². The second-order valence-corrected chi connectivity index (χ2v) is 10.2. The summed E-state index contributed by atoms with van der Waals surface area (Å²) >= 11 is 0. The fourth-order valence-electron chi connectivity index (χ4n) is 4.96. The molecule has 0 aliphatic carbocycles. The van der Waals surface area contributed by atoms with Crippen molar-refractivity contribution in [3.05, 3.63) is 95.1 Å². The SMILES string of the molecule is COCc1cn(Cc2cnc3c(c2)NC(c2ccc(NC(=O)Nc4ccc(CO)cc4)cc2)N=C3N2CCOCC2)nn1. The summed E-state index contributed by atoms with van der Waals surface area (Å²) in [5, 5.41) is 26.7. The van der Waals surface area contributed by atoms with Gasteiger partial charge < -0.3 is 35.4 Å². The molecule has 4 N–H and O–H groups in total. The molecule has 2 aromatic heterocycles. The summed E-state index contributed by atoms with van der Waals surface area (Å²) in [5.41, 5.74) is 6.40. The van der Waals surface area contributed by atoms with Gasteiger partial charge in [0.1, 0.15) is 17.6 Å². The summed E-state index contributed by atoms with van der Waals surface area (Å²) in [6.07, 6.45) is 3.36. The van der Waals surface area contributed by atoms with Gasteiger partial charge in [-0.2, -0.15) is 0 Å². The number of carbonyl (C=O) groups excluding carboxylic acids is 1. The van der Waals surface area contributed by atoms with Gasteiger partial charge in [-0.05, 0) is 47.0 Å². The lowest BCUT2D eigenvalue weighted by Crippen LogP contribution is -2.43. The Morgan fingerprint density at radius 3 is 2.49 bits per heavy atom. The van der Waals surface area contributed by atoms with Crippen LogP contribution in [0.1, 0.15) is 34.2 Å². The second-order valence-electron chi connectivity index (χ2n) is 10.2. The highest BCUT2D eigenvalue weighted by molar-refractivity contribution is 6.03. The lowest BCUT2D eigenvalue weighted by molar-refractivity contribution is 0.0679. The number of anilines is 3. The van der Waals surface area contributed by atoms with E-state index >= 15 is 0 Å². The minimum Gasteiger partial charge on any atom is -0.392 e. The van der Waals surface area contributed by atoms with Crippen molar-refractivity contribution in [2.24, 2.45) is 4.99 Å². The minimum absolute atomic E-state index is 0.0466. The molecule has 2 aliphatic heterocycles. The van der Waals surface area contributed by atoms with Crippen LogP contribution in [-0.4, -0.2) is 75.3 Å². The Balaban J connectivity index is 1.19. The maximum absolute atomic E-state index is 12.5. The van der Waals surface area contributed by atoms with Crippen LogP contribution >= 0.6 is 0 Å². The van der Waals surface area contributed by atoms with E-state index in [0.29, 0.717) is 37.7 Å². The van der Waals surface area contributed by atoms with Crippen molar-refractivity contribution in [1.29, 1.82) is 0 Å². The first kappa shape index (κ1) is 28.3. The zero-order chi connectivity index (χ0) is 29.6. The Morgan fingerprint density at radius 2 is 1.79 bits per heavy atom. The Labute approximate surface area is 248 Å². The first-order valence-electron chi connectivity index (χ1n) is 14.0. The molecule has 1 fully saturated rings. The smallest absolute Gasteiger partial charge is 0.323 e. The summed E-state index contributed by atoms with van der Waals surface area (Å²) in [6, 6.07) is 16.3. The molecule has 222 valence electrons. The zero-order valence-corrected chi connectivity index (χ0v) is 23.7. The number of ether oxygens (including phenoxy) is 2. The number of amides is 2. The number of morpholine rings is 1. The number of pyridine rings is 1. The van der Waals surface area contributed by atoms with Gasteiger partial charge in [-0.25, -0.2) is 14.5 Å². The molecule has 0 saturated carbocycles. The van der Waals surface area contributed by atoms with Crippen LogP contribution in [0, 0.1) is 0 Å². The highest BCUT2D eigenvalue weighted by Crippen LogP contribution is 2.31. The summed E-state index contributed by atoms with van der Waals surface area (Å²) in [4.78, 5) is 24.6. The molecular weight excluding hydrogens is 550 g/mol. The number of fused-ring (bicyclic) bond motifs is 1. The number of hydrogen-bond donors (Lipinski definition) is 4. The molecule has 0 spiro atoms. The quantitative estimate of drug-likeness (QED) is 0.245. The average molecular weight is 584 g/mol. The lowest BCUT2D eigenvalue weighted by atomic mass is 10.1. The van der Waals surface area contributed by atoms with Crippen LogP contribution in [0.4, 0.5) is 21.9 Å². The molecular formula is C30H33N9O4. The van der Waals surface area contributed by atoms with Gasteiger partial charge in [-0.1, -0.05) is 29.5 Å². The molecule has 2 aromatic carbocycles. The fraction of sp³-hybridized carbons (Fsp3) is 0.300. The molecule has 0 radical (unpaired) electrons. The van der Waals surface area contributed by atoms with Crippen LogP contribution in [0.2, 0.25) is 0 Å². The number of urea groups is 1. The number of hydrogen-bond acceptors (Lipinski definition) is 10. The normalized spacial score (nSPS) is 16.2. The number of benzene rings is 2. The highest BCUT2D eigenvalue weighted by Gasteiger charge is 2.28. The number of aliphatic hydroxyl groups excluding tert-OH is 1. The predicted octanol–water partition coefficient (Wildman–Crippen LogP) is 3.21. The molecule has 0 bridgehead atoms. The Hall–Kier alpha value is -4.85. The van der Waals surface area contributed by atoms with E-state index in [2.05, 4.69) is 37.2 Å². The van der Waals surface area contributed by atoms with Gasteiger partial charge in [0.25, 0.3) is 0 Å². The standard InChI is InChI=1S/C30H33N9O4/c1-42-19-25-17-39(37-36-25)16-21-14-26-27(31-15-21)29(38-10-12-43-13-11-38)35-28(34-26)22-4-8-24(9-5-22)33-30(41)32-23-6-2-20(18-40)3-7-23/h2-9,14-15,17,28,34,40H,10-13,16,18-19H2,1H3,(H2,32,33,41). The number of amidine groups is 1. The van der Waals surface area contributed by atoms with E-state index in [1.165, 1.54) is 0 Å². The van der Waals surface area contributed by atoms with Gasteiger partial charge in [-0.3, -0.25) is 4.98 Å². The van der Waals surface area contributed by atoms with Crippen molar-refractivity contribution in [2.75, 3.05) is 49.4 Å². The zero-order valence-electron chi connectivity index (χ0n) is 23.7. The largest absolute Gasteiger partial charge is 0.392 e. The number of methoxy groups -OCH3 is 1. The summed E-state index contributed by atoms with van der Waals surface area (Å²) in [6.45, 7) is 3.61. The van der Waals surface area contributed by atoms with Gasteiger partial charge in [0, 0.05) is 37.8 Å². The van der Waals surface area contributed by atoms with Crippen LogP contribution in [0.3, 0.4) is 0 Å². The molecule has 1 unspecified atom stereocenters. The fourth-order valence-corrected chi connectivity index (χ4v) is 4.96. The van der Waals surface area contributed by atoms with Gasteiger partial charge >= 0.3 is 6.03 Å². The monoisotopic (exact) mass is 583 g/mol. The molecule has 43 heavy (non-hydrogen) atoms. The third kappa shape index (κ3) is 6.80. The maximum Gasteiger partial charge on any atom is 0.323 e. The van der Waals surface area contributed by atoms with Crippen molar-refractivity contribution >= 4 is 28.9 Å². The first-order valence-corrected chi connectivity index (χ1v) is 14.0. The van der Waals surface area contributed by atoms with Crippen LogP contribution < -0.4 is 16.0 Å². The van der Waals surface area contributed by atoms with E-state index in [1.54, 1.807) is 36.1 Å². The van der Waals surface area contributed by atoms with Crippen LogP contribution in [0.25, 0.3) is 0 Å². The van der Waals surface area contributed by atoms with Gasteiger partial charge in [0.15, 0.2) is 5.84 Å². The van der Waals surface area contributed by atoms with E-state index in [4.69, 9.17) is 19.5 Å². The van der Waals surface area contributed by atoms with E-state index < -0.39 is 0 Å². The van der Waals surface area contributed by atoms with Crippen molar-refractivity contribution in [1.82, 2.24) is 24.9 Å². The Morgan fingerprint density at radius 1 is 1.07 bits per heavy atom. The van der Waals surface area contributed by atoms with Crippen LogP contribution in [0.15, 0.2) is 72.0 Å². The topological polar surface area (TPSA) is 151 Å². The second kappa shape index (κ2) is 13.0. The Bertz CT molecular complexity index is 1580. The third-order valence-electron chi connectivity index (χ3n) is 7.11. The average Bonchev–Trinajstić information content (AvgIpc) is 3.48. The van der Waals surface area contributed by atoms with Crippen molar-refractivity contribution in [3.63, 3.8) is 0 Å². The molecule has 13 nitrogen and oxygen atoms in total. The van der Waals surface area contributed by atoms with Crippen LogP contribution in [-0.2, 0) is 29.2 Å². The summed E-state index contributed by atoms with van der Waals surface area (Å²) in [5.74, 6) is 0.825. The minimum atomic E-state index is -0.359. The van der Waals surface area contributed by atoms with E-state index in [0.717, 1.165) is 52.7 Å². The highest BCUT2D eigenvalue weighted by atomic mass is 16.5. The van der Waals surface area contributed by atoms with Crippen molar-refractivity contribution < 1.29 is 19.4 Å². The molecule has 4 heterocycles. The van der Waals surface area contributed by atoms with Crippen LogP contribution in [0.5, 0.6) is 0 Å². The predicted molar refractivity (Wildman–Crippen MR) is 161 cm³/mol. The van der Waals surface area contributed by atoms with E-state index in [-0.39, 0.29) is 18.8 Å². The molecule has 13 heteroatoms. The molecule has 1 saturated heterocycles. The van der Waals surface area contributed by atoms with E-state index in [9.17, 15) is 9.90 Å². The molecule has 2 aliphatic rings. The summed E-state index contributed by atoms with van der Waals surface area (Å²) in [7, 11) is 1.63. The van der Waals surface area contributed by atoms with Crippen molar-refractivity contribution in [3.8, 4) is 0 Å². The molecule has 4 aromatic rings. The Kier molecular flexibility index (Phi) is 8.54. The summed E-state index contributed by atoms with van der Waals surface area (Å²) < 4.78 is 12.5. The number of nitrogens with zero attached hydrogens (tertiary/aromatic N) is 6. The molecule has 1 atom stereocenters. The number of aromatic nitrogens is 4.